The third kappa shape index (κ3) is 26.8. The van der Waals surface area contributed by atoms with Gasteiger partial charge in [-0.2, -0.15) is 0 Å². The predicted molar refractivity (Wildman–Crippen MR) is 482 cm³/mol. The molecule has 0 aliphatic carbocycles. The molecule has 0 aliphatic rings. The Balaban J connectivity index is 0.000000132. The SMILES string of the molecule is Cc1cc(-c2ccccc2)ccn1.Cc1cc(-c2cccnc2)ccn1.Cc1cc(-c2ccncc2)ccn1.Cc1ccc(-c2cc(-c3ccccc3)nc(-c3ccccc3)c2)cc1.Cc1ccc(-c2ccccc2)cn1.Cc1ccc(-c2ccccc2)nc1.Cc1ccc(-c2ccccn2)cc1.Cc1ccc(-c2cccnc2)cc1. The molecule has 18 aromatic rings. The van der Waals surface area contributed by atoms with E-state index in [-0.39, 0.29) is 0 Å². The highest BCUT2D eigenvalue weighted by molar-refractivity contribution is 5.77. The van der Waals surface area contributed by atoms with Crippen LogP contribution in [-0.2, 0) is 0 Å². The van der Waals surface area contributed by atoms with Crippen molar-refractivity contribution in [3.8, 4) is 112 Å². The number of pyridine rings is 10. The van der Waals surface area contributed by atoms with Crippen LogP contribution in [0.3, 0.4) is 0 Å². The molecule has 0 fully saturated rings. The van der Waals surface area contributed by atoms with E-state index in [0.717, 1.165) is 62.2 Å². The number of aromatic nitrogens is 10. The average molecular weight is 1510 g/mol. The number of hydrogen-bond acceptors (Lipinski definition) is 10. The number of hydrogen-bond donors (Lipinski definition) is 0. The maximum absolute atomic E-state index is 4.92. The predicted octanol–water partition coefficient (Wildman–Crippen LogP) is 26.6. The van der Waals surface area contributed by atoms with Crippen LogP contribution in [0.5, 0.6) is 0 Å². The minimum absolute atomic E-state index is 0.998. The highest BCUT2D eigenvalue weighted by Gasteiger charge is 2.10. The monoisotopic (exact) mass is 1510 g/mol. The van der Waals surface area contributed by atoms with E-state index in [1.807, 2.05) is 230 Å². The summed E-state index contributed by atoms with van der Waals surface area (Å²) in [4.78, 5) is 42.4. The lowest BCUT2D eigenvalue weighted by Crippen LogP contribution is -1.91. The summed E-state index contributed by atoms with van der Waals surface area (Å²) in [6.45, 7) is 16.3. The van der Waals surface area contributed by atoms with Gasteiger partial charge in [0.2, 0.25) is 0 Å². The van der Waals surface area contributed by atoms with Crippen LogP contribution < -0.4 is 0 Å². The van der Waals surface area contributed by atoms with E-state index in [9.17, 15) is 0 Å². The van der Waals surface area contributed by atoms with Gasteiger partial charge in [-0.25, -0.2) is 4.98 Å². The number of benzene rings is 8. The second-order valence-electron chi connectivity index (χ2n) is 27.5. The quantitative estimate of drug-likeness (QED) is 0.130. The van der Waals surface area contributed by atoms with Crippen molar-refractivity contribution in [2.75, 3.05) is 0 Å². The molecule has 0 atom stereocenters. The molecule has 0 saturated carbocycles. The standard InChI is InChI=1S/C24H19N.5C12H11N.2C11H10N2/c1-18-12-14-19(15-13-18)22-16-23(20-8-4-2-5-9-20)25-24(17-22)21-10-6-3-7-11-21;1-10-4-6-11(7-5-10)12-3-2-8-13-9-12;1-10-5-7-11(8-6-10)12-4-2-3-9-13-12;1-10-9-12(7-8-13-10)11-5-3-2-4-6-11;1-10-7-8-12(9-13-10)11-5-3-2-4-6-11;1-10-7-8-12(13-9-10)11-5-3-2-4-6-11;1-9-8-11(4-7-13-9)10-2-5-12-6-3-10;1-9-7-10(4-6-13-9)11-3-2-5-12-8-11/h2-17H,1H3;5*2-9H,1H3;2*2-8H,1H3. The molecule has 0 saturated heterocycles. The molecule has 0 amide bonds. The molecule has 568 valence electrons. The van der Waals surface area contributed by atoms with Gasteiger partial charge >= 0.3 is 0 Å². The molecule has 10 heteroatoms. The van der Waals surface area contributed by atoms with Crippen LogP contribution in [0, 0.1) is 55.4 Å². The maximum atomic E-state index is 4.92. The fourth-order valence-corrected chi connectivity index (χ4v) is 11.9. The Kier molecular flexibility index (Phi) is 31.4. The normalized spacial score (nSPS) is 10.1. The Labute approximate surface area is 684 Å². The first-order valence-electron chi connectivity index (χ1n) is 38.6. The van der Waals surface area contributed by atoms with E-state index in [2.05, 4.69) is 272 Å². The van der Waals surface area contributed by atoms with Gasteiger partial charge in [-0.3, -0.25) is 44.9 Å². The summed E-state index contributed by atoms with van der Waals surface area (Å²) in [5.41, 5.74) is 32.2. The molecule has 10 heterocycles. The first-order chi connectivity index (χ1) is 56.8. The molecule has 116 heavy (non-hydrogen) atoms. The minimum Gasteiger partial charge on any atom is -0.265 e. The van der Waals surface area contributed by atoms with Crippen molar-refractivity contribution in [2.45, 2.75) is 55.4 Å². The summed E-state index contributed by atoms with van der Waals surface area (Å²) in [6, 6.07) is 120. The fourth-order valence-electron chi connectivity index (χ4n) is 11.9. The Morgan fingerprint density at radius 1 is 0.147 bits per heavy atom. The van der Waals surface area contributed by atoms with Crippen LogP contribution in [0.1, 0.15) is 45.0 Å². The van der Waals surface area contributed by atoms with E-state index in [0.29, 0.717) is 0 Å². The summed E-state index contributed by atoms with van der Waals surface area (Å²) in [5.74, 6) is 0. The van der Waals surface area contributed by atoms with Crippen molar-refractivity contribution >= 4 is 0 Å². The van der Waals surface area contributed by atoms with E-state index in [4.69, 9.17) is 4.98 Å². The number of nitrogens with zero attached hydrogens (tertiary/aromatic N) is 10. The summed E-state index contributed by atoms with van der Waals surface area (Å²) >= 11 is 0. The minimum atomic E-state index is 0.998. The van der Waals surface area contributed by atoms with Crippen molar-refractivity contribution < 1.29 is 0 Å². The van der Waals surface area contributed by atoms with Crippen LogP contribution in [0.2, 0.25) is 0 Å². The van der Waals surface area contributed by atoms with Gasteiger partial charge in [0.1, 0.15) is 0 Å². The number of rotatable bonds is 10. The zero-order chi connectivity index (χ0) is 80.7. The van der Waals surface area contributed by atoms with Crippen molar-refractivity contribution in [1.29, 1.82) is 0 Å². The lowest BCUT2D eigenvalue weighted by molar-refractivity contribution is 1.20. The van der Waals surface area contributed by atoms with Crippen molar-refractivity contribution in [3.63, 3.8) is 0 Å². The van der Waals surface area contributed by atoms with Crippen LogP contribution in [0.25, 0.3) is 112 Å². The first-order valence-corrected chi connectivity index (χ1v) is 38.6. The topological polar surface area (TPSA) is 129 Å². The molecular formula is C106H94N10. The highest BCUT2D eigenvalue weighted by atomic mass is 14.7. The highest BCUT2D eigenvalue weighted by Crippen LogP contribution is 2.31. The third-order valence-electron chi connectivity index (χ3n) is 18.2. The summed E-state index contributed by atoms with van der Waals surface area (Å²) in [7, 11) is 0. The Morgan fingerprint density at radius 2 is 0.474 bits per heavy atom. The first kappa shape index (κ1) is 82.2. The van der Waals surface area contributed by atoms with Crippen LogP contribution >= 0.6 is 0 Å². The summed E-state index contributed by atoms with van der Waals surface area (Å²) in [5, 5.41) is 0. The van der Waals surface area contributed by atoms with Gasteiger partial charge in [0, 0.05) is 131 Å². The molecule has 0 unspecified atom stereocenters. The van der Waals surface area contributed by atoms with Gasteiger partial charge in [0.05, 0.1) is 22.8 Å². The zero-order valence-corrected chi connectivity index (χ0v) is 66.9. The molecule has 10 aromatic heterocycles. The van der Waals surface area contributed by atoms with Gasteiger partial charge in [0.25, 0.3) is 0 Å². The zero-order valence-electron chi connectivity index (χ0n) is 66.9. The molecule has 10 nitrogen and oxygen atoms in total. The van der Waals surface area contributed by atoms with Crippen LogP contribution in [-0.4, -0.2) is 49.8 Å². The van der Waals surface area contributed by atoms with Crippen molar-refractivity contribution in [2.24, 2.45) is 0 Å². The largest absolute Gasteiger partial charge is 0.265 e. The third-order valence-corrected chi connectivity index (χ3v) is 18.2. The van der Waals surface area contributed by atoms with E-state index < -0.39 is 0 Å². The molecular weight excluding hydrogens is 1410 g/mol. The second kappa shape index (κ2) is 44.3. The lowest BCUT2D eigenvalue weighted by atomic mass is 9.99. The second-order valence-corrected chi connectivity index (χ2v) is 27.5. The Bertz CT molecular complexity index is 5250. The van der Waals surface area contributed by atoms with Gasteiger partial charge in [-0.05, 0) is 214 Å². The summed E-state index contributed by atoms with van der Waals surface area (Å²) in [6.07, 6.45) is 22.0. The summed E-state index contributed by atoms with van der Waals surface area (Å²) < 4.78 is 0. The van der Waals surface area contributed by atoms with E-state index in [1.54, 1.807) is 24.8 Å². The smallest absolute Gasteiger partial charge is 0.0715 e. The molecule has 0 aliphatic heterocycles. The van der Waals surface area contributed by atoms with Gasteiger partial charge in [-0.1, -0.05) is 271 Å². The molecule has 18 rings (SSSR count). The molecule has 0 N–H and O–H groups in total. The molecule has 8 aromatic carbocycles. The van der Waals surface area contributed by atoms with Gasteiger partial charge < -0.3 is 0 Å². The molecule has 0 spiro atoms. The maximum Gasteiger partial charge on any atom is 0.0715 e. The van der Waals surface area contributed by atoms with E-state index >= 15 is 0 Å². The van der Waals surface area contributed by atoms with Crippen molar-refractivity contribution in [3.05, 3.63) is 471 Å². The lowest BCUT2D eigenvalue weighted by Gasteiger charge is -2.10. The molecule has 0 bridgehead atoms. The van der Waals surface area contributed by atoms with Crippen molar-refractivity contribution in [1.82, 2.24) is 49.8 Å². The van der Waals surface area contributed by atoms with Gasteiger partial charge in [0.15, 0.2) is 0 Å². The van der Waals surface area contributed by atoms with Crippen LogP contribution in [0.15, 0.2) is 426 Å². The van der Waals surface area contributed by atoms with E-state index in [1.165, 1.54) is 94.6 Å². The van der Waals surface area contributed by atoms with Crippen LogP contribution in [0.4, 0.5) is 0 Å². The Morgan fingerprint density at radius 3 is 0.871 bits per heavy atom. The fraction of sp³-hybridized carbons (Fsp3) is 0.0755. The molecule has 0 radical (unpaired) electrons. The average Bonchev–Trinajstić information content (AvgIpc) is 0.800. The number of aryl methyl sites for hydroxylation is 8. The van der Waals surface area contributed by atoms with Gasteiger partial charge in [-0.15, -0.1) is 0 Å². The Hall–Kier alpha value is -14.7.